The molecule has 63 heavy (non-hydrogen) atoms. The Labute approximate surface area is 391 Å². The Hall–Kier alpha value is -1.80. The van der Waals surface area contributed by atoms with E-state index < -0.39 is 0 Å². The van der Waals surface area contributed by atoms with Gasteiger partial charge >= 0.3 is 11.9 Å². The summed E-state index contributed by atoms with van der Waals surface area (Å²) in [5, 5.41) is 0.134. The quantitative estimate of drug-likeness (QED) is 0.0420. The van der Waals surface area contributed by atoms with Crippen LogP contribution in [0.15, 0.2) is 23.8 Å². The molecule has 0 aromatic rings. The van der Waals surface area contributed by atoms with Crippen LogP contribution >= 0.6 is 11.8 Å². The van der Waals surface area contributed by atoms with Gasteiger partial charge in [0.15, 0.2) is 0 Å². The summed E-state index contributed by atoms with van der Waals surface area (Å²) in [7, 11) is 0. The van der Waals surface area contributed by atoms with Crippen LogP contribution in [-0.2, 0) is 19.1 Å². The standard InChI is InChI=1S/C55H96N2O5S/c1-7-8-9-10-11-18-23-40-61-51(58)27-19-14-12-16-21-38-57(53(60)63-41-37-56)39-22-17-13-15-20-28-52(59)62-46-33-35-54(5)45(42-46)29-30-47-49-32-31-48(44(4)26-24-25-43(2)3)55(49,6)36-34-50(47)54/h18,23,29,43-44,46-50H,7-17,19-22,24-28,30-42,56H2,1-6H3/b23-18-/t44-,46+,47+,48-,49+,50+,54+,55-/m1/s1. The van der Waals surface area contributed by atoms with E-state index in [1.54, 1.807) is 5.57 Å². The molecule has 4 aliphatic rings. The highest BCUT2D eigenvalue weighted by Gasteiger charge is 2.59. The van der Waals surface area contributed by atoms with Gasteiger partial charge in [-0.15, -0.1) is 0 Å². The molecule has 0 bridgehead atoms. The summed E-state index contributed by atoms with van der Waals surface area (Å²) in [5.41, 5.74) is 8.10. The summed E-state index contributed by atoms with van der Waals surface area (Å²) in [6.45, 7) is 17.2. The van der Waals surface area contributed by atoms with Gasteiger partial charge in [0.2, 0.25) is 0 Å². The predicted octanol–water partition coefficient (Wildman–Crippen LogP) is 14.8. The smallest absolute Gasteiger partial charge is 0.306 e. The lowest BCUT2D eigenvalue weighted by atomic mass is 9.47. The maximum Gasteiger partial charge on any atom is 0.306 e. The molecule has 0 aliphatic heterocycles. The molecule has 8 heteroatoms. The molecular formula is C55H96N2O5S. The molecule has 1 amide bonds. The van der Waals surface area contributed by atoms with Gasteiger partial charge in [0.25, 0.3) is 5.24 Å². The van der Waals surface area contributed by atoms with E-state index in [1.807, 2.05) is 11.0 Å². The van der Waals surface area contributed by atoms with E-state index in [9.17, 15) is 14.4 Å². The minimum atomic E-state index is -0.109. The zero-order valence-corrected chi connectivity index (χ0v) is 42.4. The molecule has 0 radical (unpaired) electrons. The van der Waals surface area contributed by atoms with Crippen LogP contribution in [0.3, 0.4) is 0 Å². The fourth-order valence-electron chi connectivity index (χ4n) is 12.8. The SMILES string of the molecule is CCCCCC/C=C\COC(=O)CCCCCCCN(CCCCCCCC(=O)O[C@H]1CC[C@@]2(C)C(=CC[C@H]3[C@@H]4CC[C@H]([C@H](C)CCCC(C)C)[C@@]4(C)CC[C@@H]32)C1)C(=O)SCCN. The number of hydrogen-bond acceptors (Lipinski definition) is 7. The fourth-order valence-corrected chi connectivity index (χ4v) is 13.5. The third-order valence-electron chi connectivity index (χ3n) is 16.5. The molecule has 0 unspecified atom stereocenters. The molecule has 4 aliphatic carbocycles. The summed E-state index contributed by atoms with van der Waals surface area (Å²) in [6.07, 6.45) is 37.9. The van der Waals surface area contributed by atoms with Crippen LogP contribution < -0.4 is 5.73 Å². The normalized spacial score (nSPS) is 27.1. The first-order valence-corrected chi connectivity index (χ1v) is 27.7. The van der Waals surface area contributed by atoms with Crippen LogP contribution in [-0.4, -0.2) is 60.2 Å². The van der Waals surface area contributed by atoms with E-state index in [0.29, 0.717) is 37.2 Å². The number of rotatable bonds is 31. The number of carbonyl (C=O) groups excluding carboxylic acids is 3. The van der Waals surface area contributed by atoms with E-state index in [4.69, 9.17) is 15.2 Å². The van der Waals surface area contributed by atoms with Crippen molar-refractivity contribution >= 4 is 28.9 Å². The Kier molecular flexibility index (Phi) is 24.8. The number of fused-ring (bicyclic) bond motifs is 5. The molecule has 0 saturated heterocycles. The van der Waals surface area contributed by atoms with Gasteiger partial charge in [-0.05, 0) is 130 Å². The summed E-state index contributed by atoms with van der Waals surface area (Å²) in [5.74, 6) is 5.58. The van der Waals surface area contributed by atoms with Gasteiger partial charge in [0.1, 0.15) is 12.7 Å². The van der Waals surface area contributed by atoms with Crippen molar-refractivity contribution in [2.75, 3.05) is 32.0 Å². The molecule has 3 saturated carbocycles. The average Bonchev–Trinajstić information content (AvgIpc) is 3.62. The number of nitrogens with zero attached hydrogens (tertiary/aromatic N) is 1. The van der Waals surface area contributed by atoms with Crippen LogP contribution in [0.25, 0.3) is 0 Å². The number of carbonyl (C=O) groups is 3. The first-order valence-electron chi connectivity index (χ1n) is 26.7. The molecule has 2 N–H and O–H groups in total. The zero-order chi connectivity index (χ0) is 45.5. The molecule has 8 atom stereocenters. The van der Waals surface area contributed by atoms with Crippen LogP contribution in [0.5, 0.6) is 0 Å². The number of unbranched alkanes of at least 4 members (excludes halogenated alkanes) is 12. The second-order valence-corrected chi connectivity index (χ2v) is 22.6. The maximum absolute atomic E-state index is 13.0. The highest BCUT2D eigenvalue weighted by molar-refractivity contribution is 8.13. The van der Waals surface area contributed by atoms with Crippen molar-refractivity contribution in [2.24, 2.45) is 52.1 Å². The van der Waals surface area contributed by atoms with Crippen LogP contribution in [0.4, 0.5) is 4.79 Å². The Bertz CT molecular complexity index is 1400. The zero-order valence-electron chi connectivity index (χ0n) is 41.6. The summed E-state index contributed by atoms with van der Waals surface area (Å²) in [4.78, 5) is 40.1. The van der Waals surface area contributed by atoms with E-state index in [0.717, 1.165) is 138 Å². The number of hydrogen-bond donors (Lipinski definition) is 1. The van der Waals surface area contributed by atoms with Crippen molar-refractivity contribution in [3.05, 3.63) is 23.8 Å². The molecule has 0 aromatic carbocycles. The minimum absolute atomic E-state index is 0.0179. The molecule has 7 nitrogen and oxygen atoms in total. The minimum Gasteiger partial charge on any atom is -0.462 e. The van der Waals surface area contributed by atoms with Gasteiger partial charge in [-0.25, -0.2) is 0 Å². The van der Waals surface area contributed by atoms with E-state index >= 15 is 0 Å². The fraction of sp³-hybridized carbons (Fsp3) is 0.873. The van der Waals surface area contributed by atoms with Gasteiger partial charge in [-0.1, -0.05) is 154 Å². The third kappa shape index (κ3) is 17.4. The van der Waals surface area contributed by atoms with Crippen molar-refractivity contribution in [3.8, 4) is 0 Å². The van der Waals surface area contributed by atoms with Gasteiger partial charge in [0.05, 0.1) is 0 Å². The van der Waals surface area contributed by atoms with Gasteiger partial charge in [0, 0.05) is 44.6 Å². The Morgan fingerprint density at radius 1 is 0.794 bits per heavy atom. The molecule has 4 rings (SSSR count). The predicted molar refractivity (Wildman–Crippen MR) is 266 cm³/mol. The molecule has 0 aromatic heterocycles. The lowest BCUT2D eigenvalue weighted by molar-refractivity contribution is -0.151. The number of esters is 2. The topological polar surface area (TPSA) is 98.9 Å². The number of amides is 1. The second kappa shape index (κ2) is 29.1. The Morgan fingerprint density at radius 2 is 1.48 bits per heavy atom. The molecular weight excluding hydrogens is 801 g/mol. The van der Waals surface area contributed by atoms with Gasteiger partial charge in [-0.2, -0.15) is 0 Å². The van der Waals surface area contributed by atoms with Crippen LogP contribution in [0.2, 0.25) is 0 Å². The summed E-state index contributed by atoms with van der Waals surface area (Å²) < 4.78 is 11.5. The van der Waals surface area contributed by atoms with Crippen LogP contribution in [0.1, 0.15) is 221 Å². The monoisotopic (exact) mass is 897 g/mol. The number of nitrogens with two attached hydrogens (primary N) is 1. The molecule has 362 valence electrons. The van der Waals surface area contributed by atoms with E-state index in [1.165, 1.54) is 88.8 Å². The molecule has 0 heterocycles. The molecule has 3 fully saturated rings. The molecule has 0 spiro atoms. The second-order valence-electron chi connectivity index (χ2n) is 21.6. The number of ether oxygens (including phenoxy) is 2. The Morgan fingerprint density at radius 3 is 2.17 bits per heavy atom. The third-order valence-corrected chi connectivity index (χ3v) is 17.5. The maximum atomic E-state index is 13.0. The summed E-state index contributed by atoms with van der Waals surface area (Å²) in [6, 6.07) is 0. The van der Waals surface area contributed by atoms with Crippen molar-refractivity contribution in [3.63, 3.8) is 0 Å². The van der Waals surface area contributed by atoms with Gasteiger partial charge in [-0.3, -0.25) is 14.4 Å². The Balaban J connectivity index is 1.06. The number of allylic oxidation sites excluding steroid dienone is 2. The largest absolute Gasteiger partial charge is 0.462 e. The van der Waals surface area contributed by atoms with E-state index in [-0.39, 0.29) is 28.7 Å². The van der Waals surface area contributed by atoms with E-state index in [2.05, 4.69) is 53.7 Å². The summed E-state index contributed by atoms with van der Waals surface area (Å²) >= 11 is 1.33. The highest BCUT2D eigenvalue weighted by Crippen LogP contribution is 2.67. The number of thioether (sulfide) groups is 1. The lowest BCUT2D eigenvalue weighted by Crippen LogP contribution is -2.51. The first-order chi connectivity index (χ1) is 30.4. The van der Waals surface area contributed by atoms with Crippen molar-refractivity contribution in [2.45, 2.75) is 227 Å². The van der Waals surface area contributed by atoms with Crippen molar-refractivity contribution in [1.29, 1.82) is 0 Å². The van der Waals surface area contributed by atoms with Crippen LogP contribution in [0, 0.1) is 46.3 Å². The van der Waals surface area contributed by atoms with Gasteiger partial charge < -0.3 is 20.1 Å². The van der Waals surface area contributed by atoms with Crippen molar-refractivity contribution in [1.82, 2.24) is 4.90 Å². The average molecular weight is 897 g/mol. The highest BCUT2D eigenvalue weighted by atomic mass is 32.2. The lowest BCUT2D eigenvalue weighted by Gasteiger charge is -2.58. The van der Waals surface area contributed by atoms with Crippen molar-refractivity contribution < 1.29 is 23.9 Å². The first kappa shape index (κ1) is 53.8.